The maximum Gasteiger partial charge on any atom is 0.330 e. The Morgan fingerprint density at radius 2 is 1.30 bits per heavy atom. The first kappa shape index (κ1) is 46.5. The highest BCUT2D eigenvalue weighted by atomic mass is 16.8. The van der Waals surface area contributed by atoms with Crippen LogP contribution in [0.1, 0.15) is 12.5 Å². The maximum absolute atomic E-state index is 14.4. The van der Waals surface area contributed by atoms with E-state index in [1.165, 1.54) is 61.5 Å². The van der Waals surface area contributed by atoms with Crippen molar-refractivity contribution >= 4 is 23.0 Å². The number of ether oxygens (including phenoxy) is 7. The van der Waals surface area contributed by atoms with Gasteiger partial charge in [0.2, 0.25) is 23.8 Å². The average molecular weight is 903 g/mol. The Morgan fingerprint density at radius 3 is 1.97 bits per heavy atom. The highest BCUT2D eigenvalue weighted by Crippen LogP contribution is 2.39. The number of aliphatic hydroxyl groups is 9. The van der Waals surface area contributed by atoms with Crippen LogP contribution >= 0.6 is 0 Å². The highest BCUT2D eigenvalue weighted by molar-refractivity contribution is 5.88. The first-order chi connectivity index (χ1) is 30.4. The first-order valence-electron chi connectivity index (χ1n) is 19.7. The largest absolute Gasteiger partial charge is 0.508 e. The van der Waals surface area contributed by atoms with Gasteiger partial charge in [-0.05, 0) is 55.0 Å². The van der Waals surface area contributed by atoms with Gasteiger partial charge in [0.05, 0.1) is 12.7 Å². The van der Waals surface area contributed by atoms with Gasteiger partial charge in [-0.15, -0.1) is 0 Å². The van der Waals surface area contributed by atoms with Crippen molar-refractivity contribution in [3.05, 3.63) is 82.5 Å². The summed E-state index contributed by atoms with van der Waals surface area (Å²) in [6.45, 7) is -0.198. The lowest BCUT2D eigenvalue weighted by atomic mass is 9.97. The van der Waals surface area contributed by atoms with Gasteiger partial charge in [-0.3, -0.25) is 4.79 Å². The number of phenolic OH excluding ortho intramolecular Hbond substituents is 3. The van der Waals surface area contributed by atoms with E-state index in [4.69, 9.17) is 37.6 Å². The van der Waals surface area contributed by atoms with E-state index in [1.807, 2.05) is 0 Å². The molecule has 1 aromatic heterocycles. The standard InChI is InChI=1S/C42H46O22/c1-16-28(48)32(52)35(55)40(58-16)59-21-12-22(46)27-23(13-21)60-37(18-5-9-20(45)10-6-18)38(31(27)51)63-42-39(34(54)29(49)24(14-43)61-42)64-41-36(56)33(53)30(50)25(62-41)15-57-26(47)11-4-17-2-7-19(44)8-3-17/h2-13,16,24-25,28-30,32-36,39-46,48-50,52-56H,14-15H2,1H3/b11-4+/t16?,24?,25?,28-,29+,30+,32?,33-,34-,35-,36?,39?,40-,41-,42-/m0/s1. The normalized spacial score (nSPS) is 33.2. The average Bonchev–Trinajstić information content (AvgIpc) is 3.27. The number of fused-ring (bicyclic) bond motifs is 1. The summed E-state index contributed by atoms with van der Waals surface area (Å²) in [5.74, 6) is -3.23. The second-order valence-electron chi connectivity index (χ2n) is 15.2. The molecule has 0 spiro atoms. The van der Waals surface area contributed by atoms with Crippen molar-refractivity contribution in [3.63, 3.8) is 0 Å². The van der Waals surface area contributed by atoms with E-state index >= 15 is 0 Å². The molecule has 3 saturated heterocycles. The fourth-order valence-electron chi connectivity index (χ4n) is 7.18. The fraction of sp³-hybridized carbons (Fsp3) is 0.429. The van der Waals surface area contributed by atoms with Crippen molar-refractivity contribution in [2.45, 2.75) is 99.0 Å². The number of aliphatic hydroxyl groups excluding tert-OH is 9. The van der Waals surface area contributed by atoms with Crippen LogP contribution in [-0.4, -0.2) is 173 Å². The molecule has 3 aliphatic heterocycles. The molecule has 0 aliphatic carbocycles. The van der Waals surface area contributed by atoms with Gasteiger partial charge >= 0.3 is 5.97 Å². The molecule has 0 bridgehead atoms. The zero-order chi connectivity index (χ0) is 46.1. The molecule has 15 atom stereocenters. The number of phenols is 3. The molecule has 4 heterocycles. The third-order valence-corrected chi connectivity index (χ3v) is 10.8. The molecule has 64 heavy (non-hydrogen) atoms. The molecule has 6 unspecified atom stereocenters. The Labute approximate surface area is 361 Å². The minimum atomic E-state index is -2.07. The number of benzene rings is 3. The first-order valence-corrected chi connectivity index (χ1v) is 19.7. The van der Waals surface area contributed by atoms with Crippen LogP contribution in [0.15, 0.2) is 76.0 Å². The number of hydrogen-bond acceptors (Lipinski definition) is 22. The summed E-state index contributed by atoms with van der Waals surface area (Å²) in [6.07, 6.45) is -24.0. The molecule has 346 valence electrons. The number of esters is 1. The Morgan fingerprint density at radius 1 is 0.688 bits per heavy atom. The summed E-state index contributed by atoms with van der Waals surface area (Å²) >= 11 is 0. The minimum absolute atomic E-state index is 0.00357. The number of hydrogen-bond donors (Lipinski definition) is 12. The van der Waals surface area contributed by atoms with Gasteiger partial charge in [0.15, 0.2) is 18.2 Å². The van der Waals surface area contributed by atoms with Crippen LogP contribution in [0.2, 0.25) is 0 Å². The third kappa shape index (κ3) is 9.64. The zero-order valence-corrected chi connectivity index (χ0v) is 33.5. The van der Waals surface area contributed by atoms with Crippen LogP contribution in [0.3, 0.4) is 0 Å². The Kier molecular flexibility index (Phi) is 14.1. The molecule has 7 rings (SSSR count). The van der Waals surface area contributed by atoms with Crippen LogP contribution in [0.4, 0.5) is 0 Å². The smallest absolute Gasteiger partial charge is 0.330 e. The monoisotopic (exact) mass is 902 g/mol. The lowest BCUT2D eigenvalue weighted by molar-refractivity contribution is -0.358. The molecule has 3 aliphatic rings. The van der Waals surface area contributed by atoms with Gasteiger partial charge in [0, 0.05) is 23.8 Å². The predicted octanol–water partition coefficient (Wildman–Crippen LogP) is -1.95. The van der Waals surface area contributed by atoms with Crippen LogP contribution in [0.5, 0.6) is 28.7 Å². The SMILES string of the molecule is CC1O[C@@H](Oc2cc(O)c3c(=O)c(O[C@@H]4OC(CO)[C@@H](O)[C@H](O)C4O[C@@H]4OC(COC(=O)/C=C/c5ccc(O)cc5)[C@@H](O)[C@H](O)C4O)c(-c4ccc(O)cc4)oc3c2)[C@@H](O)C(O)[C@H]1O. The molecule has 12 N–H and O–H groups in total. The summed E-state index contributed by atoms with van der Waals surface area (Å²) in [6, 6.07) is 13.0. The van der Waals surface area contributed by atoms with Crippen LogP contribution in [0, 0.1) is 0 Å². The third-order valence-electron chi connectivity index (χ3n) is 10.8. The van der Waals surface area contributed by atoms with E-state index in [1.54, 1.807) is 0 Å². The summed E-state index contributed by atoms with van der Waals surface area (Å²) < 4.78 is 45.7. The van der Waals surface area contributed by atoms with Crippen molar-refractivity contribution in [2.24, 2.45) is 0 Å². The lowest BCUT2D eigenvalue weighted by Crippen LogP contribution is -2.65. The molecule has 22 nitrogen and oxygen atoms in total. The molecule has 3 fully saturated rings. The van der Waals surface area contributed by atoms with Crippen molar-refractivity contribution in [1.29, 1.82) is 0 Å². The zero-order valence-electron chi connectivity index (χ0n) is 33.5. The molecule has 0 saturated carbocycles. The number of carbonyl (C=O) groups is 1. The van der Waals surface area contributed by atoms with E-state index in [0.717, 1.165) is 18.2 Å². The Balaban J connectivity index is 1.18. The summed E-state index contributed by atoms with van der Waals surface area (Å²) in [7, 11) is 0. The number of aromatic hydroxyl groups is 3. The van der Waals surface area contributed by atoms with Gasteiger partial charge in [0.1, 0.15) is 102 Å². The molecule has 0 radical (unpaired) electrons. The fourth-order valence-corrected chi connectivity index (χ4v) is 7.18. The van der Waals surface area contributed by atoms with Crippen molar-refractivity contribution in [2.75, 3.05) is 13.2 Å². The van der Waals surface area contributed by atoms with E-state index in [0.29, 0.717) is 5.56 Å². The molecule has 0 amide bonds. The second kappa shape index (κ2) is 19.3. The highest BCUT2D eigenvalue weighted by Gasteiger charge is 2.52. The Bertz CT molecular complexity index is 2340. The van der Waals surface area contributed by atoms with Crippen LogP contribution < -0.4 is 14.9 Å². The van der Waals surface area contributed by atoms with E-state index < -0.39 is 139 Å². The van der Waals surface area contributed by atoms with Gasteiger partial charge in [0.25, 0.3) is 0 Å². The van der Waals surface area contributed by atoms with Crippen molar-refractivity contribution in [3.8, 4) is 40.1 Å². The predicted molar refractivity (Wildman–Crippen MR) is 212 cm³/mol. The van der Waals surface area contributed by atoms with Crippen molar-refractivity contribution in [1.82, 2.24) is 0 Å². The molecule has 4 aromatic rings. The van der Waals surface area contributed by atoms with Gasteiger partial charge in [-0.2, -0.15) is 0 Å². The van der Waals surface area contributed by atoms with Crippen LogP contribution in [0.25, 0.3) is 28.4 Å². The summed E-state index contributed by atoms with van der Waals surface area (Å²) in [5.41, 5.74) is -0.832. The maximum atomic E-state index is 14.4. The topological polar surface area (TPSA) is 355 Å². The van der Waals surface area contributed by atoms with E-state index in [9.17, 15) is 70.9 Å². The second-order valence-corrected chi connectivity index (χ2v) is 15.2. The Hall–Kier alpha value is -5.44. The molecular formula is C42H46O22. The molecule has 3 aromatic carbocycles. The molecular weight excluding hydrogens is 856 g/mol. The number of carbonyl (C=O) groups excluding carboxylic acids is 1. The summed E-state index contributed by atoms with van der Waals surface area (Å²) in [4.78, 5) is 26.9. The summed E-state index contributed by atoms with van der Waals surface area (Å²) in [5, 5.41) is 126. The van der Waals surface area contributed by atoms with Gasteiger partial charge in [-0.1, -0.05) is 12.1 Å². The van der Waals surface area contributed by atoms with Crippen LogP contribution in [-0.2, 0) is 28.5 Å². The van der Waals surface area contributed by atoms with E-state index in [2.05, 4.69) is 0 Å². The lowest BCUT2D eigenvalue weighted by Gasteiger charge is -2.45. The minimum Gasteiger partial charge on any atom is -0.508 e. The molecule has 22 heteroatoms. The van der Waals surface area contributed by atoms with E-state index in [-0.39, 0.29) is 28.4 Å². The van der Waals surface area contributed by atoms with Gasteiger partial charge in [-0.25, -0.2) is 4.79 Å². The van der Waals surface area contributed by atoms with Gasteiger partial charge < -0.3 is 98.9 Å². The quantitative estimate of drug-likeness (QED) is 0.0543. The van der Waals surface area contributed by atoms with Crippen molar-refractivity contribution < 1.29 is 104 Å². The number of rotatable bonds is 12.